The highest BCUT2D eigenvalue weighted by atomic mass is 16.7. The van der Waals surface area contributed by atoms with E-state index >= 15 is 0 Å². The summed E-state index contributed by atoms with van der Waals surface area (Å²) in [6, 6.07) is 0. The van der Waals surface area contributed by atoms with Gasteiger partial charge in [-0.25, -0.2) is 4.79 Å². The summed E-state index contributed by atoms with van der Waals surface area (Å²) in [4.78, 5) is 137. The van der Waals surface area contributed by atoms with Crippen molar-refractivity contribution in [2.75, 3.05) is 81.0 Å². The second-order valence-corrected chi connectivity index (χ2v) is 13.2. The van der Waals surface area contributed by atoms with Gasteiger partial charge in [0.25, 0.3) is 11.8 Å². The van der Waals surface area contributed by atoms with Crippen LogP contribution in [0.4, 0.5) is 0 Å². The van der Waals surface area contributed by atoms with Crippen molar-refractivity contribution >= 4 is 71.2 Å². The Hall–Kier alpha value is -6.24. The zero-order valence-corrected chi connectivity index (χ0v) is 39.0. The number of nitrogens with one attached hydrogen (secondary N) is 5. The number of amides is 7. The highest BCUT2D eigenvalue weighted by Crippen LogP contribution is 2.13. The lowest BCUT2D eigenvalue weighted by Crippen LogP contribution is -2.32. The molecule has 7 amide bonds. The van der Waals surface area contributed by atoms with Gasteiger partial charge < -0.3 is 60.2 Å². The number of methoxy groups -OCH3 is 1. The van der Waals surface area contributed by atoms with Crippen molar-refractivity contribution in [2.24, 2.45) is 0 Å². The van der Waals surface area contributed by atoms with Crippen LogP contribution in [0.5, 0.6) is 0 Å². The fourth-order valence-corrected chi connectivity index (χ4v) is 4.15. The number of carbonyl (C=O) groups excluding carboxylic acids is 12. The van der Waals surface area contributed by atoms with E-state index in [1.807, 2.05) is 13.8 Å². The third-order valence-electron chi connectivity index (χ3n) is 7.68. The summed E-state index contributed by atoms with van der Waals surface area (Å²) in [5.41, 5.74) is 0. The van der Waals surface area contributed by atoms with Crippen LogP contribution in [0.3, 0.4) is 0 Å². The van der Waals surface area contributed by atoms with Gasteiger partial charge in [-0.05, 0) is 12.8 Å². The highest BCUT2D eigenvalue weighted by Gasteiger charge is 2.32. The van der Waals surface area contributed by atoms with Gasteiger partial charge in [-0.2, -0.15) is 0 Å². The van der Waals surface area contributed by atoms with Crippen LogP contribution in [0.1, 0.15) is 140 Å². The highest BCUT2D eigenvalue weighted by molar-refractivity contribution is 6.01. The number of carbonyl (C=O) groups is 12. The molecule has 0 aromatic carbocycles. The number of imide groups is 1. The molecule has 0 aromatic heterocycles. The molecule has 0 aliphatic carbocycles. The van der Waals surface area contributed by atoms with Gasteiger partial charge in [-0.15, -0.1) is 5.06 Å². The Morgan fingerprint density at radius 3 is 1.13 bits per heavy atom. The number of hydrogen-bond donors (Lipinski definition) is 6. The molecule has 1 saturated heterocycles. The summed E-state index contributed by atoms with van der Waals surface area (Å²) in [5, 5.41) is 21.4. The quantitative estimate of drug-likeness (QED) is 0.0267. The minimum atomic E-state index is -0.845. The van der Waals surface area contributed by atoms with Crippen molar-refractivity contribution in [2.45, 2.75) is 140 Å². The second kappa shape index (κ2) is 53.7. The number of hydroxylamine groups is 2. The molecule has 1 aliphatic rings. The summed E-state index contributed by atoms with van der Waals surface area (Å²) in [7, 11) is 6.07. The maximum atomic E-state index is 11.3. The average Bonchev–Trinajstić information content (AvgIpc) is 3.61. The Labute approximate surface area is 414 Å². The second-order valence-electron chi connectivity index (χ2n) is 13.2. The van der Waals surface area contributed by atoms with Crippen LogP contribution in [0, 0.1) is 0 Å². The molecule has 1 aliphatic heterocycles. The van der Waals surface area contributed by atoms with E-state index in [-0.39, 0.29) is 162 Å². The third-order valence-corrected chi connectivity index (χ3v) is 7.68. The number of aliphatic hydroxyl groups excluding tert-OH is 1. The Morgan fingerprint density at radius 1 is 0.471 bits per heavy atom. The Kier molecular flexibility index (Phi) is 59.8. The van der Waals surface area contributed by atoms with E-state index in [1.54, 1.807) is 0 Å². The molecule has 70 heavy (non-hydrogen) atoms. The molecule has 25 heteroatoms. The van der Waals surface area contributed by atoms with E-state index in [9.17, 15) is 57.5 Å². The van der Waals surface area contributed by atoms with Crippen molar-refractivity contribution in [3.8, 4) is 0 Å². The van der Waals surface area contributed by atoms with Gasteiger partial charge in [-0.3, -0.25) is 52.7 Å². The number of ether oxygens (including phenoxy) is 5. The largest absolute Gasteiger partial charge is 0.466 e. The SMILES string of the molecule is C.C.C.C.CCCC(=O)NCCOC(=O)CCC(=O)NC.CCCC(=O)NCCOC(=O)CCC(=O)NC.CNC(=O)CCC(=O)OCCOC.O=C(CCC(=O)ON1C(=O)CCC1=O)OCCCO. The van der Waals surface area contributed by atoms with Crippen LogP contribution in [0.25, 0.3) is 0 Å². The van der Waals surface area contributed by atoms with Gasteiger partial charge in [0.05, 0.1) is 58.4 Å². The number of aliphatic hydroxyl groups is 1. The number of esters is 4. The van der Waals surface area contributed by atoms with Crippen LogP contribution < -0.4 is 26.6 Å². The minimum Gasteiger partial charge on any atom is -0.466 e. The summed E-state index contributed by atoms with van der Waals surface area (Å²) in [6.45, 7) is 5.34. The van der Waals surface area contributed by atoms with Gasteiger partial charge in [0.15, 0.2) is 0 Å². The van der Waals surface area contributed by atoms with E-state index in [1.165, 1.54) is 28.3 Å². The molecule has 0 radical (unpaired) electrons. The molecule has 25 nitrogen and oxygen atoms in total. The molecule has 0 saturated carbocycles. The van der Waals surface area contributed by atoms with E-state index in [0.29, 0.717) is 44.0 Å². The van der Waals surface area contributed by atoms with Crippen molar-refractivity contribution in [1.29, 1.82) is 0 Å². The molecule has 6 N–H and O–H groups in total. The first kappa shape index (κ1) is 78.0. The number of nitrogens with zero attached hydrogens (tertiary/aromatic N) is 1. The zero-order valence-electron chi connectivity index (χ0n) is 39.0. The molecule has 410 valence electrons. The molecule has 0 bridgehead atoms. The topological polar surface area (TPSA) is 344 Å². The molecule has 1 fully saturated rings. The van der Waals surface area contributed by atoms with E-state index in [0.717, 1.165) is 12.8 Å². The normalized spacial score (nSPS) is 10.4. The van der Waals surface area contributed by atoms with Gasteiger partial charge in [0.1, 0.15) is 19.8 Å². The van der Waals surface area contributed by atoms with Crippen LogP contribution in [0.2, 0.25) is 0 Å². The van der Waals surface area contributed by atoms with Crippen LogP contribution in [-0.2, 0) is 86.1 Å². The molecule has 1 heterocycles. The van der Waals surface area contributed by atoms with Gasteiger partial charge >= 0.3 is 29.8 Å². The lowest BCUT2D eigenvalue weighted by Gasteiger charge is -2.12. The van der Waals surface area contributed by atoms with E-state index in [2.05, 4.69) is 36.2 Å². The average molecular weight is 1020 g/mol. The van der Waals surface area contributed by atoms with Crippen molar-refractivity contribution in [3.63, 3.8) is 0 Å². The fraction of sp³-hybridized carbons (Fsp3) is 0.733. The molecular weight excluding hydrogens is 929 g/mol. The Bertz CT molecular complexity index is 1440. The first-order valence-electron chi connectivity index (χ1n) is 21.4. The molecule has 0 unspecified atom stereocenters. The van der Waals surface area contributed by atoms with Crippen molar-refractivity contribution < 1.29 is 91.2 Å². The number of rotatable bonds is 29. The Morgan fingerprint density at radius 2 is 0.800 bits per heavy atom. The molecule has 0 atom stereocenters. The smallest absolute Gasteiger partial charge is 0.333 e. The minimum absolute atomic E-state index is 0. The lowest BCUT2D eigenvalue weighted by molar-refractivity contribution is -0.197. The first-order valence-corrected chi connectivity index (χ1v) is 21.4. The van der Waals surface area contributed by atoms with E-state index < -0.39 is 35.7 Å². The lowest BCUT2D eigenvalue weighted by atomic mass is 10.3. The van der Waals surface area contributed by atoms with E-state index in [4.69, 9.17) is 24.1 Å². The first-order chi connectivity index (χ1) is 31.4. The van der Waals surface area contributed by atoms with Crippen molar-refractivity contribution in [3.05, 3.63) is 0 Å². The van der Waals surface area contributed by atoms with Crippen LogP contribution >= 0.6 is 0 Å². The number of hydrogen-bond acceptors (Lipinski definition) is 19. The van der Waals surface area contributed by atoms with Gasteiger partial charge in [-0.1, -0.05) is 43.6 Å². The molecular formula is C45H86N6O19. The monoisotopic (exact) mass is 1010 g/mol. The molecule has 0 aromatic rings. The van der Waals surface area contributed by atoms with Crippen molar-refractivity contribution in [1.82, 2.24) is 31.6 Å². The summed E-state index contributed by atoms with van der Waals surface area (Å²) < 4.78 is 23.8. The maximum absolute atomic E-state index is 11.3. The summed E-state index contributed by atoms with van der Waals surface area (Å²) in [5.74, 6) is -4.47. The van der Waals surface area contributed by atoms with Gasteiger partial charge in [0, 0.05) is 86.2 Å². The predicted octanol–water partition coefficient (Wildman–Crippen LogP) is 1.49. The fourth-order valence-electron chi connectivity index (χ4n) is 4.15. The maximum Gasteiger partial charge on any atom is 0.333 e. The summed E-state index contributed by atoms with van der Waals surface area (Å²) in [6.07, 6.45) is 3.06. The van der Waals surface area contributed by atoms with Crippen LogP contribution in [0.15, 0.2) is 0 Å². The van der Waals surface area contributed by atoms with Gasteiger partial charge in [0.2, 0.25) is 29.5 Å². The van der Waals surface area contributed by atoms with Crippen LogP contribution in [-0.4, -0.2) is 162 Å². The summed E-state index contributed by atoms with van der Waals surface area (Å²) >= 11 is 0. The molecule has 0 spiro atoms. The standard InChI is InChI=1S/2C11H20N2O4.C11H15NO7.C8H15NO4.4CH4/c2*1-3-4-10(15)13-7-8-17-11(16)6-5-9(14)12-2;13-6-1-7-18-10(16)4-5-11(17)19-12-8(14)2-3-9(12)15;1-9-7(10)3-4-8(11)13-6-5-12-2;;;;/h2*3-8H2,1-2H3,(H,12,14)(H,13,15);13H,1-7H2;3-6H2,1-2H3,(H,9,10);4*1H4. The predicted molar refractivity (Wildman–Crippen MR) is 256 cm³/mol. The Balaban J connectivity index is -0.000000150. The zero-order chi connectivity index (χ0) is 50.5. The molecule has 1 rings (SSSR count). The third kappa shape index (κ3) is 51.2.